The number of halogens is 1. The first kappa shape index (κ1) is 11.1. The van der Waals surface area contributed by atoms with E-state index in [0.29, 0.717) is 5.92 Å². The molecule has 3 heteroatoms. The van der Waals surface area contributed by atoms with Crippen molar-refractivity contribution in [3.8, 4) is 0 Å². The molecule has 82 valence electrons. The van der Waals surface area contributed by atoms with E-state index in [9.17, 15) is 0 Å². The van der Waals surface area contributed by atoms with Gasteiger partial charge in [0.1, 0.15) is 0 Å². The average molecular weight is 270 g/mol. The molecule has 0 bridgehead atoms. The monoisotopic (exact) mass is 269 g/mol. The van der Waals surface area contributed by atoms with Gasteiger partial charge in [-0.2, -0.15) is 0 Å². The summed E-state index contributed by atoms with van der Waals surface area (Å²) in [5.74, 6) is 0.633. The van der Waals surface area contributed by atoms with Crippen LogP contribution in [-0.2, 0) is 11.2 Å². The Balaban J connectivity index is 2.17. The van der Waals surface area contributed by atoms with E-state index >= 15 is 0 Å². The van der Waals surface area contributed by atoms with Crippen LogP contribution in [0.2, 0.25) is 0 Å². The van der Waals surface area contributed by atoms with Crippen molar-refractivity contribution < 1.29 is 4.74 Å². The lowest BCUT2D eigenvalue weighted by Gasteiger charge is -2.22. The van der Waals surface area contributed by atoms with Crippen LogP contribution in [0.3, 0.4) is 0 Å². The molecular formula is C12H16BrNO. The highest BCUT2D eigenvalue weighted by Gasteiger charge is 2.16. The highest BCUT2D eigenvalue weighted by molar-refractivity contribution is 9.10. The number of nitrogens with zero attached hydrogens (tertiary/aromatic N) is 1. The van der Waals surface area contributed by atoms with Crippen LogP contribution in [0.25, 0.3) is 0 Å². The van der Waals surface area contributed by atoms with Crippen LogP contribution in [0.15, 0.2) is 16.7 Å². The predicted molar refractivity (Wildman–Crippen MR) is 64.1 cm³/mol. The largest absolute Gasteiger partial charge is 0.381 e. The van der Waals surface area contributed by atoms with Gasteiger partial charge in [0.05, 0.1) is 5.69 Å². The van der Waals surface area contributed by atoms with Crippen molar-refractivity contribution in [2.24, 2.45) is 0 Å². The lowest BCUT2D eigenvalue weighted by atomic mass is 9.93. The summed E-state index contributed by atoms with van der Waals surface area (Å²) in [4.78, 5) is 4.48. The maximum absolute atomic E-state index is 5.36. The van der Waals surface area contributed by atoms with Crippen LogP contribution < -0.4 is 0 Å². The number of rotatable bonds is 2. The van der Waals surface area contributed by atoms with Crippen LogP contribution in [0.5, 0.6) is 0 Å². The quantitative estimate of drug-likeness (QED) is 0.822. The number of hydrogen-bond acceptors (Lipinski definition) is 2. The van der Waals surface area contributed by atoms with Crippen molar-refractivity contribution >= 4 is 15.9 Å². The Hall–Kier alpha value is -0.410. The Bertz CT molecular complexity index is 334. The van der Waals surface area contributed by atoms with E-state index in [2.05, 4.69) is 33.9 Å². The first-order chi connectivity index (χ1) is 7.31. The highest BCUT2D eigenvalue weighted by Crippen LogP contribution is 2.29. The van der Waals surface area contributed by atoms with Gasteiger partial charge in [0.2, 0.25) is 0 Å². The topological polar surface area (TPSA) is 22.1 Å². The zero-order valence-corrected chi connectivity index (χ0v) is 10.6. The molecule has 0 saturated carbocycles. The van der Waals surface area contributed by atoms with Crippen LogP contribution in [0.1, 0.15) is 36.9 Å². The van der Waals surface area contributed by atoms with Gasteiger partial charge in [0, 0.05) is 23.9 Å². The van der Waals surface area contributed by atoms with Crippen LogP contribution in [0, 0.1) is 0 Å². The molecule has 1 fully saturated rings. The van der Waals surface area contributed by atoms with Crippen molar-refractivity contribution in [3.63, 3.8) is 0 Å². The van der Waals surface area contributed by atoms with Crippen LogP contribution in [-0.4, -0.2) is 18.2 Å². The minimum absolute atomic E-state index is 0.633. The highest BCUT2D eigenvalue weighted by atomic mass is 79.9. The Kier molecular flexibility index (Phi) is 3.76. The lowest BCUT2D eigenvalue weighted by Crippen LogP contribution is -2.14. The maximum Gasteiger partial charge on any atom is 0.0542 e. The van der Waals surface area contributed by atoms with E-state index in [4.69, 9.17) is 4.74 Å². The third-order valence-corrected chi connectivity index (χ3v) is 3.65. The zero-order valence-electron chi connectivity index (χ0n) is 9.00. The van der Waals surface area contributed by atoms with Gasteiger partial charge < -0.3 is 4.74 Å². The summed E-state index contributed by atoms with van der Waals surface area (Å²) in [6.07, 6.45) is 5.26. The SMILES string of the molecule is CCc1ncc(C2CCOCC2)cc1Br. The molecule has 0 radical (unpaired) electrons. The molecule has 15 heavy (non-hydrogen) atoms. The molecule has 0 aliphatic carbocycles. The summed E-state index contributed by atoms with van der Waals surface area (Å²) in [5.41, 5.74) is 2.49. The summed E-state index contributed by atoms with van der Waals surface area (Å²) in [6.45, 7) is 3.90. The molecule has 2 rings (SSSR count). The van der Waals surface area contributed by atoms with E-state index in [1.807, 2.05) is 6.20 Å². The van der Waals surface area contributed by atoms with Crippen LogP contribution >= 0.6 is 15.9 Å². The van der Waals surface area contributed by atoms with Gasteiger partial charge in [0.15, 0.2) is 0 Å². The molecule has 0 unspecified atom stereocenters. The molecular weight excluding hydrogens is 254 g/mol. The van der Waals surface area contributed by atoms with Gasteiger partial charge >= 0.3 is 0 Å². The molecule has 1 aliphatic heterocycles. The van der Waals surface area contributed by atoms with E-state index in [1.165, 1.54) is 5.56 Å². The third kappa shape index (κ3) is 2.58. The number of hydrogen-bond donors (Lipinski definition) is 0. The molecule has 0 N–H and O–H groups in total. The van der Waals surface area contributed by atoms with Gasteiger partial charge in [-0.05, 0) is 52.7 Å². The Morgan fingerprint density at radius 2 is 2.20 bits per heavy atom. The second-order valence-corrected chi connectivity index (χ2v) is 4.79. The van der Waals surface area contributed by atoms with E-state index < -0.39 is 0 Å². The number of aryl methyl sites for hydroxylation is 1. The Labute approximate surface area is 99.2 Å². The van der Waals surface area contributed by atoms with Crippen molar-refractivity contribution in [1.82, 2.24) is 4.98 Å². The normalized spacial score (nSPS) is 18.0. The van der Waals surface area contributed by atoms with E-state index in [0.717, 1.165) is 42.6 Å². The maximum atomic E-state index is 5.36. The summed E-state index contributed by atoms with van der Waals surface area (Å²) in [5, 5.41) is 0. The van der Waals surface area contributed by atoms with E-state index in [-0.39, 0.29) is 0 Å². The molecule has 2 nitrogen and oxygen atoms in total. The fourth-order valence-electron chi connectivity index (χ4n) is 2.00. The Morgan fingerprint density at radius 3 is 2.80 bits per heavy atom. The molecule has 2 heterocycles. The molecule has 1 saturated heterocycles. The van der Waals surface area contributed by atoms with Crippen molar-refractivity contribution in [2.75, 3.05) is 13.2 Å². The molecule has 0 spiro atoms. The molecule has 1 aromatic heterocycles. The average Bonchev–Trinajstić information content (AvgIpc) is 2.30. The number of aromatic nitrogens is 1. The first-order valence-corrected chi connectivity index (χ1v) is 6.32. The summed E-state index contributed by atoms with van der Waals surface area (Å²) < 4.78 is 6.51. The van der Waals surface area contributed by atoms with Crippen molar-refractivity contribution in [1.29, 1.82) is 0 Å². The molecule has 0 atom stereocenters. The minimum atomic E-state index is 0.633. The standard InChI is InChI=1S/C12H16BrNO/c1-2-12-11(13)7-10(8-14-12)9-3-5-15-6-4-9/h7-9H,2-6H2,1H3. The first-order valence-electron chi connectivity index (χ1n) is 5.53. The summed E-state index contributed by atoms with van der Waals surface area (Å²) >= 11 is 3.58. The van der Waals surface area contributed by atoms with Gasteiger partial charge in [0.25, 0.3) is 0 Å². The fraction of sp³-hybridized carbons (Fsp3) is 0.583. The van der Waals surface area contributed by atoms with Crippen molar-refractivity contribution in [2.45, 2.75) is 32.1 Å². The molecule has 0 aromatic carbocycles. The molecule has 1 aliphatic rings. The van der Waals surface area contributed by atoms with Crippen LogP contribution in [0.4, 0.5) is 0 Å². The predicted octanol–water partition coefficient (Wildman–Crippen LogP) is 3.30. The van der Waals surface area contributed by atoms with E-state index in [1.54, 1.807) is 0 Å². The third-order valence-electron chi connectivity index (χ3n) is 2.97. The van der Waals surface area contributed by atoms with Gasteiger partial charge in [-0.3, -0.25) is 4.98 Å². The summed E-state index contributed by atoms with van der Waals surface area (Å²) in [6, 6.07) is 2.22. The van der Waals surface area contributed by atoms with Crippen molar-refractivity contribution in [3.05, 3.63) is 28.0 Å². The van der Waals surface area contributed by atoms with Gasteiger partial charge in [-0.1, -0.05) is 6.92 Å². The second-order valence-electron chi connectivity index (χ2n) is 3.94. The van der Waals surface area contributed by atoms with Gasteiger partial charge in [-0.25, -0.2) is 0 Å². The fourth-order valence-corrected chi connectivity index (χ4v) is 2.64. The minimum Gasteiger partial charge on any atom is -0.381 e. The second kappa shape index (κ2) is 5.08. The van der Waals surface area contributed by atoms with Gasteiger partial charge in [-0.15, -0.1) is 0 Å². The zero-order chi connectivity index (χ0) is 10.7. The number of pyridine rings is 1. The number of ether oxygens (including phenoxy) is 1. The lowest BCUT2D eigenvalue weighted by molar-refractivity contribution is 0.0852. The molecule has 0 amide bonds. The smallest absolute Gasteiger partial charge is 0.0542 e. The Morgan fingerprint density at radius 1 is 1.47 bits per heavy atom. The molecule has 1 aromatic rings. The summed E-state index contributed by atoms with van der Waals surface area (Å²) in [7, 11) is 0.